The summed E-state index contributed by atoms with van der Waals surface area (Å²) in [5, 5.41) is 2.03. The Morgan fingerprint density at radius 2 is 1.70 bits per heavy atom. The second-order valence-electron chi connectivity index (χ2n) is 8.76. The van der Waals surface area contributed by atoms with Gasteiger partial charge in [0, 0.05) is 5.56 Å². The molecule has 2 aromatic rings. The number of rotatable bonds is 5. The van der Waals surface area contributed by atoms with E-state index >= 15 is 0 Å². The van der Waals surface area contributed by atoms with Gasteiger partial charge in [-0.05, 0) is 62.9 Å². The fourth-order valence-corrected chi connectivity index (χ4v) is 4.62. The number of hydrogen-bond acceptors (Lipinski definition) is 4. The third-order valence-corrected chi connectivity index (χ3v) is 6.83. The lowest BCUT2D eigenvalue weighted by Gasteiger charge is -2.30. The molecular weight excluding hydrogens is 440 g/mol. The van der Waals surface area contributed by atoms with Crippen molar-refractivity contribution in [1.82, 2.24) is 10.0 Å². The van der Waals surface area contributed by atoms with Crippen molar-refractivity contribution in [1.29, 1.82) is 0 Å². The summed E-state index contributed by atoms with van der Waals surface area (Å²) in [7, 11) is 0. The molecule has 4 rings (SSSR count). The number of hydrogen-bond donors (Lipinski definition) is 0. The Bertz CT molecular complexity index is 1200. The Kier molecular flexibility index (Phi) is 6.21. The number of hydrazine groups is 1. The van der Waals surface area contributed by atoms with Crippen LogP contribution in [0.3, 0.4) is 0 Å². The zero-order chi connectivity index (χ0) is 23.9. The first kappa shape index (κ1) is 22.9. The van der Waals surface area contributed by atoms with Gasteiger partial charge in [0.05, 0.1) is 22.4 Å². The first-order valence-electron chi connectivity index (χ1n) is 10.9. The standard InChI is InChI=1S/C26H25ClN2O4/c1-15-8-11-19-21(12-15)26(33)29(25(19)32)28(24(31)20-6-4-5-7-22(20)27)14-23(30)18-10-9-16(2)17(3)13-18/h4-10,13,19,21H,11-12,14H2,1-3H3/t19-,21-/m0/s1. The van der Waals surface area contributed by atoms with Crippen molar-refractivity contribution in [3.63, 3.8) is 0 Å². The van der Waals surface area contributed by atoms with E-state index in [9.17, 15) is 19.2 Å². The molecule has 0 spiro atoms. The predicted octanol–water partition coefficient (Wildman–Crippen LogP) is 4.54. The van der Waals surface area contributed by atoms with Crippen LogP contribution in [0.15, 0.2) is 54.1 Å². The van der Waals surface area contributed by atoms with Gasteiger partial charge in [0.25, 0.3) is 17.7 Å². The molecule has 1 fully saturated rings. The molecule has 6 nitrogen and oxygen atoms in total. The molecule has 0 N–H and O–H groups in total. The van der Waals surface area contributed by atoms with Crippen molar-refractivity contribution in [2.75, 3.05) is 6.54 Å². The van der Waals surface area contributed by atoms with Crippen LogP contribution < -0.4 is 0 Å². The summed E-state index contributed by atoms with van der Waals surface area (Å²) in [5.41, 5.74) is 3.54. The lowest BCUT2D eigenvalue weighted by atomic mass is 9.82. The Morgan fingerprint density at radius 1 is 1.00 bits per heavy atom. The third-order valence-electron chi connectivity index (χ3n) is 6.50. The summed E-state index contributed by atoms with van der Waals surface area (Å²) in [6.45, 7) is 5.31. The molecule has 33 heavy (non-hydrogen) atoms. The van der Waals surface area contributed by atoms with Crippen LogP contribution in [-0.4, -0.2) is 40.1 Å². The largest absolute Gasteiger partial charge is 0.292 e. The van der Waals surface area contributed by atoms with E-state index in [2.05, 4.69) is 0 Å². The average molecular weight is 465 g/mol. The maximum atomic E-state index is 13.5. The number of nitrogens with zero attached hydrogens (tertiary/aromatic N) is 2. The van der Waals surface area contributed by atoms with E-state index in [0.29, 0.717) is 18.4 Å². The van der Waals surface area contributed by atoms with E-state index in [1.54, 1.807) is 30.3 Å². The van der Waals surface area contributed by atoms with E-state index in [1.807, 2.05) is 32.9 Å². The molecule has 0 radical (unpaired) electrons. The molecule has 3 amide bonds. The minimum atomic E-state index is -0.664. The SMILES string of the molecule is CC1=CC[C@@H]2C(=O)N(N(CC(=O)c3ccc(C)c(C)c3)C(=O)c3ccccc3Cl)C(=O)[C@H]2C1. The highest BCUT2D eigenvalue weighted by atomic mass is 35.5. The van der Waals surface area contributed by atoms with E-state index in [4.69, 9.17) is 11.6 Å². The van der Waals surface area contributed by atoms with Crippen LogP contribution in [0.2, 0.25) is 5.02 Å². The van der Waals surface area contributed by atoms with Gasteiger partial charge in [-0.2, -0.15) is 5.01 Å². The van der Waals surface area contributed by atoms with Gasteiger partial charge in [-0.15, -0.1) is 0 Å². The van der Waals surface area contributed by atoms with Gasteiger partial charge >= 0.3 is 0 Å². The molecule has 1 aliphatic carbocycles. The predicted molar refractivity (Wildman–Crippen MR) is 125 cm³/mol. The molecule has 1 aliphatic heterocycles. The highest BCUT2D eigenvalue weighted by molar-refractivity contribution is 6.34. The molecule has 2 aliphatic rings. The van der Waals surface area contributed by atoms with E-state index in [-0.39, 0.29) is 16.4 Å². The number of amides is 3. The molecule has 7 heteroatoms. The summed E-state index contributed by atoms with van der Waals surface area (Å²) < 4.78 is 0. The van der Waals surface area contributed by atoms with Gasteiger partial charge in [0.2, 0.25) is 0 Å². The fourth-order valence-electron chi connectivity index (χ4n) is 4.41. The van der Waals surface area contributed by atoms with Crippen LogP contribution in [0, 0.1) is 25.7 Å². The van der Waals surface area contributed by atoms with Crippen molar-refractivity contribution in [3.8, 4) is 0 Å². The quantitative estimate of drug-likeness (QED) is 0.370. The number of aryl methyl sites for hydroxylation is 2. The lowest BCUT2D eigenvalue weighted by molar-refractivity contribution is -0.154. The van der Waals surface area contributed by atoms with Gasteiger partial charge < -0.3 is 0 Å². The highest BCUT2D eigenvalue weighted by Crippen LogP contribution is 2.38. The molecular formula is C26H25ClN2O4. The first-order chi connectivity index (χ1) is 15.7. The Balaban J connectivity index is 1.72. The van der Waals surface area contributed by atoms with Gasteiger partial charge in [0.15, 0.2) is 5.78 Å². The van der Waals surface area contributed by atoms with Crippen molar-refractivity contribution >= 4 is 35.1 Å². The number of imide groups is 1. The second kappa shape index (κ2) is 8.94. The van der Waals surface area contributed by atoms with Crippen LogP contribution in [0.1, 0.15) is 51.6 Å². The number of ketones is 1. The van der Waals surface area contributed by atoms with Gasteiger partial charge in [-0.1, -0.05) is 47.5 Å². The highest BCUT2D eigenvalue weighted by Gasteiger charge is 2.51. The molecule has 0 aromatic heterocycles. The summed E-state index contributed by atoms with van der Waals surface area (Å²) in [4.78, 5) is 53.3. The van der Waals surface area contributed by atoms with Gasteiger partial charge in [-0.3, -0.25) is 19.2 Å². The smallest absolute Gasteiger partial charge is 0.274 e. The molecule has 1 heterocycles. The number of halogens is 1. The molecule has 2 atom stereocenters. The number of carbonyl (C=O) groups is 4. The van der Waals surface area contributed by atoms with Crippen molar-refractivity contribution < 1.29 is 19.2 Å². The van der Waals surface area contributed by atoms with Crippen molar-refractivity contribution in [2.45, 2.75) is 33.6 Å². The summed E-state index contributed by atoms with van der Waals surface area (Å²) >= 11 is 6.25. The summed E-state index contributed by atoms with van der Waals surface area (Å²) in [6.07, 6.45) is 2.86. The zero-order valence-corrected chi connectivity index (χ0v) is 19.6. The number of Topliss-reactive ketones (excluding diaryl/α,β-unsaturated/α-hetero) is 1. The van der Waals surface area contributed by atoms with Gasteiger partial charge in [0.1, 0.15) is 6.54 Å². The minimum absolute atomic E-state index is 0.122. The topological polar surface area (TPSA) is 74.8 Å². The molecule has 0 unspecified atom stereocenters. The fraction of sp³-hybridized carbons (Fsp3) is 0.308. The van der Waals surface area contributed by atoms with Crippen LogP contribution >= 0.6 is 11.6 Å². The molecule has 0 bridgehead atoms. The lowest BCUT2D eigenvalue weighted by Crippen LogP contribution is -2.52. The van der Waals surface area contributed by atoms with Crippen molar-refractivity contribution in [3.05, 3.63) is 81.4 Å². The van der Waals surface area contributed by atoms with Crippen molar-refractivity contribution in [2.24, 2.45) is 11.8 Å². The third kappa shape index (κ3) is 4.23. The summed E-state index contributed by atoms with van der Waals surface area (Å²) in [6, 6.07) is 11.7. The van der Waals surface area contributed by atoms with Crippen LogP contribution in [0.4, 0.5) is 0 Å². The van der Waals surface area contributed by atoms with E-state index < -0.39 is 36.1 Å². The molecule has 170 valence electrons. The normalized spacial score (nSPS) is 19.9. The number of fused-ring (bicyclic) bond motifs is 1. The van der Waals surface area contributed by atoms with E-state index in [1.165, 1.54) is 6.07 Å². The Hall–Kier alpha value is -3.25. The summed E-state index contributed by atoms with van der Waals surface area (Å²) in [5.74, 6) is -3.00. The maximum absolute atomic E-state index is 13.5. The van der Waals surface area contributed by atoms with Crippen LogP contribution in [0.25, 0.3) is 0 Å². The first-order valence-corrected chi connectivity index (χ1v) is 11.3. The molecule has 1 saturated heterocycles. The van der Waals surface area contributed by atoms with E-state index in [0.717, 1.165) is 26.7 Å². The number of benzene rings is 2. The Labute approximate surface area is 197 Å². The maximum Gasteiger partial charge on any atom is 0.274 e. The number of carbonyl (C=O) groups excluding carboxylic acids is 4. The average Bonchev–Trinajstić information content (AvgIpc) is 3.03. The Morgan fingerprint density at radius 3 is 2.39 bits per heavy atom. The molecule has 0 saturated carbocycles. The second-order valence-corrected chi connectivity index (χ2v) is 9.16. The molecule has 2 aromatic carbocycles. The number of allylic oxidation sites excluding steroid dienone is 2. The monoisotopic (exact) mass is 464 g/mol. The minimum Gasteiger partial charge on any atom is -0.292 e. The van der Waals surface area contributed by atoms with Gasteiger partial charge in [-0.25, -0.2) is 5.01 Å². The zero-order valence-electron chi connectivity index (χ0n) is 18.8. The van der Waals surface area contributed by atoms with Crippen LogP contribution in [-0.2, 0) is 9.59 Å². The van der Waals surface area contributed by atoms with Crippen LogP contribution in [0.5, 0.6) is 0 Å².